The molecule has 0 atom stereocenters. The van der Waals surface area contributed by atoms with Crippen LogP contribution in [0, 0.1) is 0 Å². The Morgan fingerprint density at radius 2 is 1.86 bits per heavy atom. The molecule has 3 rings (SSSR count). The molecule has 0 amide bonds. The maximum atomic E-state index is 12.8. The zero-order valence-electron chi connectivity index (χ0n) is 11.9. The number of rotatable bonds is 3. The molecule has 0 saturated heterocycles. The topological polar surface area (TPSA) is 63.4 Å². The molecule has 2 aromatic carbocycles. The number of aryl methyl sites for hydroxylation is 1. The second-order valence-electron chi connectivity index (χ2n) is 5.21. The zero-order chi connectivity index (χ0) is 15.0. The van der Waals surface area contributed by atoms with E-state index < -0.39 is 10.0 Å². The average Bonchev–Trinajstić information content (AvgIpc) is 2.91. The normalized spacial score (nSPS) is 14.2. The summed E-state index contributed by atoms with van der Waals surface area (Å²) in [6.07, 6.45) is 1.60. The maximum absolute atomic E-state index is 12.8. The Balaban J connectivity index is 2.00. The molecule has 21 heavy (non-hydrogen) atoms. The van der Waals surface area contributed by atoms with Gasteiger partial charge in [0.15, 0.2) is 0 Å². The molecule has 110 valence electrons. The van der Waals surface area contributed by atoms with Crippen LogP contribution in [0.5, 0.6) is 0 Å². The summed E-state index contributed by atoms with van der Waals surface area (Å²) in [6.45, 7) is 2.52. The van der Waals surface area contributed by atoms with Crippen LogP contribution in [0.1, 0.15) is 18.1 Å². The van der Waals surface area contributed by atoms with Crippen molar-refractivity contribution in [2.45, 2.75) is 24.7 Å². The van der Waals surface area contributed by atoms with Crippen LogP contribution < -0.4 is 10.0 Å². The fourth-order valence-corrected chi connectivity index (χ4v) is 4.17. The Labute approximate surface area is 125 Å². The van der Waals surface area contributed by atoms with E-state index in [0.29, 0.717) is 23.5 Å². The molecule has 1 aliphatic heterocycles. The number of fused-ring (bicyclic) bond motifs is 1. The molecule has 2 aromatic rings. The third kappa shape index (κ3) is 2.38. The van der Waals surface area contributed by atoms with E-state index in [1.165, 1.54) is 4.31 Å². The van der Waals surface area contributed by atoms with Crippen LogP contribution >= 0.6 is 0 Å². The lowest BCUT2D eigenvalue weighted by molar-refractivity contribution is 0.592. The van der Waals surface area contributed by atoms with Crippen LogP contribution in [0.4, 0.5) is 11.4 Å². The van der Waals surface area contributed by atoms with Crippen LogP contribution in [0.15, 0.2) is 47.4 Å². The average molecular weight is 302 g/mol. The predicted octanol–water partition coefficient (Wildman–Crippen LogP) is 2.58. The number of anilines is 2. The van der Waals surface area contributed by atoms with Crippen LogP contribution in [0.2, 0.25) is 0 Å². The zero-order valence-corrected chi connectivity index (χ0v) is 12.7. The number of hydrogen-bond acceptors (Lipinski definition) is 3. The quantitative estimate of drug-likeness (QED) is 0.886. The van der Waals surface area contributed by atoms with Crippen LogP contribution in [0.25, 0.3) is 0 Å². The molecular formula is C16H18N2O2S. The van der Waals surface area contributed by atoms with Crippen molar-refractivity contribution >= 4 is 21.4 Å². The predicted molar refractivity (Wildman–Crippen MR) is 84.9 cm³/mol. The van der Waals surface area contributed by atoms with Crippen molar-refractivity contribution in [3.63, 3.8) is 0 Å². The third-order valence-corrected chi connectivity index (χ3v) is 5.70. The van der Waals surface area contributed by atoms with Gasteiger partial charge in [0.2, 0.25) is 0 Å². The van der Waals surface area contributed by atoms with Gasteiger partial charge in [-0.1, -0.05) is 19.1 Å². The molecule has 5 heteroatoms. The van der Waals surface area contributed by atoms with Crippen molar-refractivity contribution < 1.29 is 8.42 Å². The Hall–Kier alpha value is -2.01. The largest absolute Gasteiger partial charge is 0.399 e. The van der Waals surface area contributed by atoms with Gasteiger partial charge in [-0.2, -0.15) is 0 Å². The summed E-state index contributed by atoms with van der Waals surface area (Å²) in [7, 11) is -3.50. The van der Waals surface area contributed by atoms with E-state index in [0.717, 1.165) is 23.2 Å². The van der Waals surface area contributed by atoms with Gasteiger partial charge in [0.25, 0.3) is 10.0 Å². The van der Waals surface area contributed by atoms with Crippen molar-refractivity contribution in [1.82, 2.24) is 0 Å². The van der Waals surface area contributed by atoms with Gasteiger partial charge >= 0.3 is 0 Å². The van der Waals surface area contributed by atoms with Gasteiger partial charge in [-0.3, -0.25) is 4.31 Å². The standard InChI is InChI=1S/C16H18N2O2S/c1-2-12-3-6-15(7-4-12)21(19,20)18-10-9-13-11-14(17)5-8-16(13)18/h3-8,11H,2,9-10,17H2,1H3. The lowest BCUT2D eigenvalue weighted by Crippen LogP contribution is -2.29. The molecule has 4 nitrogen and oxygen atoms in total. The summed E-state index contributed by atoms with van der Waals surface area (Å²) in [5.41, 5.74) is 9.28. The van der Waals surface area contributed by atoms with E-state index in [1.807, 2.05) is 25.1 Å². The minimum atomic E-state index is -3.50. The van der Waals surface area contributed by atoms with E-state index >= 15 is 0 Å². The number of nitrogens with two attached hydrogens (primary N) is 1. The molecular weight excluding hydrogens is 284 g/mol. The minimum absolute atomic E-state index is 0.337. The Bertz CT molecular complexity index is 767. The molecule has 1 heterocycles. The van der Waals surface area contributed by atoms with Gasteiger partial charge in [-0.15, -0.1) is 0 Å². The van der Waals surface area contributed by atoms with Crippen molar-refractivity contribution in [2.75, 3.05) is 16.6 Å². The van der Waals surface area contributed by atoms with E-state index in [1.54, 1.807) is 24.3 Å². The van der Waals surface area contributed by atoms with Crippen LogP contribution in [0.3, 0.4) is 0 Å². The number of hydrogen-bond donors (Lipinski definition) is 1. The number of nitrogen functional groups attached to an aromatic ring is 1. The van der Waals surface area contributed by atoms with E-state index in [4.69, 9.17) is 5.73 Å². The molecule has 0 bridgehead atoms. The Morgan fingerprint density at radius 3 is 2.52 bits per heavy atom. The number of benzene rings is 2. The van der Waals surface area contributed by atoms with E-state index in [9.17, 15) is 8.42 Å². The van der Waals surface area contributed by atoms with Crippen LogP contribution in [-0.2, 0) is 22.9 Å². The van der Waals surface area contributed by atoms with Crippen molar-refractivity contribution in [2.24, 2.45) is 0 Å². The molecule has 0 unspecified atom stereocenters. The SMILES string of the molecule is CCc1ccc(S(=O)(=O)N2CCc3cc(N)ccc32)cc1. The molecule has 2 N–H and O–H groups in total. The smallest absolute Gasteiger partial charge is 0.264 e. The Kier molecular flexibility index (Phi) is 3.37. The number of sulfonamides is 1. The second kappa shape index (κ2) is 5.07. The molecule has 0 aromatic heterocycles. The van der Waals surface area contributed by atoms with E-state index in [-0.39, 0.29) is 0 Å². The summed E-state index contributed by atoms with van der Waals surface area (Å²) in [6, 6.07) is 12.5. The van der Waals surface area contributed by atoms with Gasteiger partial charge in [-0.05, 0) is 54.3 Å². The fourth-order valence-electron chi connectivity index (χ4n) is 2.67. The second-order valence-corrected chi connectivity index (χ2v) is 7.08. The summed E-state index contributed by atoms with van der Waals surface area (Å²) in [5.74, 6) is 0. The van der Waals surface area contributed by atoms with Crippen molar-refractivity contribution in [3.05, 3.63) is 53.6 Å². The molecule has 0 aliphatic carbocycles. The van der Waals surface area contributed by atoms with Gasteiger partial charge in [0.05, 0.1) is 10.6 Å². The van der Waals surface area contributed by atoms with Crippen molar-refractivity contribution in [3.8, 4) is 0 Å². The number of nitrogens with zero attached hydrogens (tertiary/aromatic N) is 1. The monoisotopic (exact) mass is 302 g/mol. The van der Waals surface area contributed by atoms with E-state index in [2.05, 4.69) is 0 Å². The van der Waals surface area contributed by atoms with Crippen LogP contribution in [-0.4, -0.2) is 15.0 Å². The third-order valence-electron chi connectivity index (χ3n) is 3.88. The van der Waals surface area contributed by atoms with Gasteiger partial charge in [0, 0.05) is 12.2 Å². The highest BCUT2D eigenvalue weighted by atomic mass is 32.2. The summed E-state index contributed by atoms with van der Waals surface area (Å²) in [4.78, 5) is 0.337. The van der Waals surface area contributed by atoms with Gasteiger partial charge in [-0.25, -0.2) is 8.42 Å². The molecule has 0 radical (unpaired) electrons. The summed E-state index contributed by atoms with van der Waals surface area (Å²) >= 11 is 0. The van der Waals surface area contributed by atoms with Gasteiger partial charge in [0.1, 0.15) is 0 Å². The Morgan fingerprint density at radius 1 is 1.14 bits per heavy atom. The lowest BCUT2D eigenvalue weighted by atomic mass is 10.1. The first-order valence-corrected chi connectivity index (χ1v) is 8.46. The highest BCUT2D eigenvalue weighted by Gasteiger charge is 2.30. The molecule has 0 spiro atoms. The lowest BCUT2D eigenvalue weighted by Gasteiger charge is -2.19. The van der Waals surface area contributed by atoms with Crippen molar-refractivity contribution in [1.29, 1.82) is 0 Å². The summed E-state index contributed by atoms with van der Waals surface area (Å²) < 4.78 is 27.0. The fraction of sp³-hybridized carbons (Fsp3) is 0.250. The summed E-state index contributed by atoms with van der Waals surface area (Å²) in [5, 5.41) is 0. The molecule has 0 fully saturated rings. The van der Waals surface area contributed by atoms with Gasteiger partial charge < -0.3 is 5.73 Å². The maximum Gasteiger partial charge on any atom is 0.264 e. The highest BCUT2D eigenvalue weighted by Crippen LogP contribution is 2.34. The highest BCUT2D eigenvalue weighted by molar-refractivity contribution is 7.92. The first kappa shape index (κ1) is 13.9. The molecule has 0 saturated carbocycles. The minimum Gasteiger partial charge on any atom is -0.399 e. The first-order chi connectivity index (χ1) is 10.0. The molecule has 1 aliphatic rings. The first-order valence-electron chi connectivity index (χ1n) is 7.02.